The summed E-state index contributed by atoms with van der Waals surface area (Å²) in [7, 11) is 0. The molecular formula is C10H17NS. The number of nitrogens with zero attached hydrogens (tertiary/aromatic N) is 1. The number of rotatable bonds is 4. The van der Waals surface area contributed by atoms with Gasteiger partial charge in [-0.25, -0.2) is 0 Å². The number of nitriles is 1. The van der Waals surface area contributed by atoms with Gasteiger partial charge < -0.3 is 0 Å². The van der Waals surface area contributed by atoms with Gasteiger partial charge in [-0.05, 0) is 25.0 Å². The molecule has 1 nitrogen and oxygen atoms in total. The Morgan fingerprint density at radius 1 is 1.50 bits per heavy atom. The van der Waals surface area contributed by atoms with Gasteiger partial charge in [0.2, 0.25) is 0 Å². The maximum absolute atomic E-state index is 9.05. The molecule has 68 valence electrons. The maximum atomic E-state index is 9.05. The molecule has 1 aliphatic heterocycles. The van der Waals surface area contributed by atoms with Crippen LogP contribution in [0.1, 0.15) is 45.4 Å². The Bertz CT molecular complexity index is 165. The molecular weight excluding hydrogens is 166 g/mol. The van der Waals surface area contributed by atoms with E-state index in [9.17, 15) is 0 Å². The summed E-state index contributed by atoms with van der Waals surface area (Å²) in [5.74, 6) is 1.19. The fourth-order valence-corrected chi connectivity index (χ4v) is 3.02. The zero-order valence-electron chi connectivity index (χ0n) is 7.81. The molecule has 1 saturated heterocycles. The van der Waals surface area contributed by atoms with Crippen LogP contribution in [0.25, 0.3) is 0 Å². The van der Waals surface area contributed by atoms with Crippen LogP contribution in [0.15, 0.2) is 0 Å². The van der Waals surface area contributed by atoms with Gasteiger partial charge in [0.1, 0.15) is 4.75 Å². The molecule has 1 atom stereocenters. The number of hydrogen-bond donors (Lipinski definition) is 0. The van der Waals surface area contributed by atoms with Gasteiger partial charge in [-0.3, -0.25) is 0 Å². The molecule has 1 fully saturated rings. The van der Waals surface area contributed by atoms with Crippen LogP contribution >= 0.6 is 11.8 Å². The van der Waals surface area contributed by atoms with Gasteiger partial charge in [0.25, 0.3) is 0 Å². The van der Waals surface area contributed by atoms with E-state index < -0.39 is 0 Å². The second kappa shape index (κ2) is 4.77. The van der Waals surface area contributed by atoms with Gasteiger partial charge >= 0.3 is 0 Å². The van der Waals surface area contributed by atoms with Crippen LogP contribution in [0.4, 0.5) is 0 Å². The summed E-state index contributed by atoms with van der Waals surface area (Å²) < 4.78 is 0.00910. The van der Waals surface area contributed by atoms with Crippen LogP contribution < -0.4 is 0 Å². The van der Waals surface area contributed by atoms with Crippen molar-refractivity contribution in [1.82, 2.24) is 0 Å². The largest absolute Gasteiger partial charge is 0.197 e. The van der Waals surface area contributed by atoms with Gasteiger partial charge in [0, 0.05) is 0 Å². The SMILES string of the molecule is CCCCCC1(C#N)CCCS1. The molecule has 1 unspecified atom stereocenters. The van der Waals surface area contributed by atoms with E-state index in [-0.39, 0.29) is 4.75 Å². The molecule has 0 aliphatic carbocycles. The van der Waals surface area contributed by atoms with Crippen LogP contribution in [0, 0.1) is 11.3 Å². The summed E-state index contributed by atoms with van der Waals surface area (Å²) in [5.41, 5.74) is 0. The van der Waals surface area contributed by atoms with Crippen LogP contribution in [0.5, 0.6) is 0 Å². The Balaban J connectivity index is 2.30. The Hall–Kier alpha value is -0.160. The highest BCUT2D eigenvalue weighted by Crippen LogP contribution is 2.41. The van der Waals surface area contributed by atoms with Crippen molar-refractivity contribution in [3.05, 3.63) is 0 Å². The van der Waals surface area contributed by atoms with Crippen molar-refractivity contribution >= 4 is 11.8 Å². The molecule has 0 N–H and O–H groups in total. The Morgan fingerprint density at radius 2 is 2.33 bits per heavy atom. The Labute approximate surface area is 79.5 Å². The number of hydrogen-bond acceptors (Lipinski definition) is 2. The van der Waals surface area contributed by atoms with E-state index in [1.165, 1.54) is 31.4 Å². The van der Waals surface area contributed by atoms with Gasteiger partial charge in [-0.15, -0.1) is 11.8 Å². The van der Waals surface area contributed by atoms with E-state index >= 15 is 0 Å². The minimum Gasteiger partial charge on any atom is -0.197 e. The number of unbranched alkanes of at least 4 members (excludes halogenated alkanes) is 2. The predicted octanol–water partition coefficient (Wildman–Crippen LogP) is 3.36. The van der Waals surface area contributed by atoms with Crippen molar-refractivity contribution in [1.29, 1.82) is 5.26 Å². The van der Waals surface area contributed by atoms with E-state index in [1.807, 2.05) is 11.8 Å². The molecule has 2 heteroatoms. The first-order valence-corrected chi connectivity index (χ1v) is 5.87. The molecule has 0 aromatic rings. The molecule has 0 saturated carbocycles. The predicted molar refractivity (Wildman–Crippen MR) is 54.2 cm³/mol. The fraction of sp³-hybridized carbons (Fsp3) is 0.900. The van der Waals surface area contributed by atoms with Crippen LogP contribution in [-0.2, 0) is 0 Å². The summed E-state index contributed by atoms with van der Waals surface area (Å²) in [6.45, 7) is 2.21. The van der Waals surface area contributed by atoms with Crippen LogP contribution in [0.2, 0.25) is 0 Å². The molecule has 0 amide bonds. The average molecular weight is 183 g/mol. The quantitative estimate of drug-likeness (QED) is 0.624. The normalized spacial score (nSPS) is 28.7. The van der Waals surface area contributed by atoms with Crippen molar-refractivity contribution in [2.45, 2.75) is 50.2 Å². The summed E-state index contributed by atoms with van der Waals surface area (Å²) in [5, 5.41) is 9.05. The summed E-state index contributed by atoms with van der Waals surface area (Å²) in [4.78, 5) is 0. The second-order valence-electron chi connectivity index (χ2n) is 3.52. The van der Waals surface area contributed by atoms with Gasteiger partial charge in [-0.1, -0.05) is 26.2 Å². The van der Waals surface area contributed by atoms with E-state index in [2.05, 4.69) is 13.0 Å². The zero-order valence-corrected chi connectivity index (χ0v) is 8.62. The van der Waals surface area contributed by atoms with Gasteiger partial charge in [-0.2, -0.15) is 5.26 Å². The van der Waals surface area contributed by atoms with Crippen molar-refractivity contribution in [2.24, 2.45) is 0 Å². The third-order valence-electron chi connectivity index (χ3n) is 2.49. The van der Waals surface area contributed by atoms with E-state index in [0.29, 0.717) is 0 Å². The molecule has 1 heterocycles. The summed E-state index contributed by atoms with van der Waals surface area (Å²) in [6, 6.07) is 2.50. The first-order chi connectivity index (χ1) is 5.83. The molecule has 0 radical (unpaired) electrons. The van der Waals surface area contributed by atoms with Crippen molar-refractivity contribution in [3.8, 4) is 6.07 Å². The highest BCUT2D eigenvalue weighted by molar-refractivity contribution is 8.01. The lowest BCUT2D eigenvalue weighted by molar-refractivity contribution is 0.567. The maximum Gasteiger partial charge on any atom is 0.102 e. The van der Waals surface area contributed by atoms with E-state index in [1.54, 1.807) is 0 Å². The Morgan fingerprint density at radius 3 is 2.83 bits per heavy atom. The molecule has 1 aliphatic rings. The molecule has 0 aromatic carbocycles. The molecule has 0 bridgehead atoms. The second-order valence-corrected chi connectivity index (χ2v) is 4.99. The Kier molecular flexibility index (Phi) is 3.94. The number of thioether (sulfide) groups is 1. The minimum atomic E-state index is 0.00910. The average Bonchev–Trinajstić information content (AvgIpc) is 2.55. The third kappa shape index (κ3) is 2.42. The summed E-state index contributed by atoms with van der Waals surface area (Å²) in [6.07, 6.45) is 7.25. The standard InChI is InChI=1S/C10H17NS/c1-2-3-4-6-10(9-11)7-5-8-12-10/h2-8H2,1H3. The first kappa shape index (κ1) is 9.92. The molecule has 0 spiro atoms. The summed E-state index contributed by atoms with van der Waals surface area (Å²) >= 11 is 1.88. The topological polar surface area (TPSA) is 23.8 Å². The highest BCUT2D eigenvalue weighted by atomic mass is 32.2. The smallest absolute Gasteiger partial charge is 0.102 e. The van der Waals surface area contributed by atoms with Gasteiger partial charge in [0.05, 0.1) is 6.07 Å². The van der Waals surface area contributed by atoms with Gasteiger partial charge in [0.15, 0.2) is 0 Å². The van der Waals surface area contributed by atoms with Crippen molar-refractivity contribution in [3.63, 3.8) is 0 Å². The van der Waals surface area contributed by atoms with Crippen molar-refractivity contribution in [2.75, 3.05) is 5.75 Å². The fourth-order valence-electron chi connectivity index (χ4n) is 1.70. The molecule has 1 rings (SSSR count). The first-order valence-electron chi connectivity index (χ1n) is 4.88. The minimum absolute atomic E-state index is 0.00910. The van der Waals surface area contributed by atoms with E-state index in [4.69, 9.17) is 5.26 Å². The zero-order chi connectivity index (χ0) is 8.86. The monoisotopic (exact) mass is 183 g/mol. The van der Waals surface area contributed by atoms with Crippen LogP contribution in [-0.4, -0.2) is 10.5 Å². The van der Waals surface area contributed by atoms with E-state index in [0.717, 1.165) is 12.8 Å². The highest BCUT2D eigenvalue weighted by Gasteiger charge is 2.33. The molecule has 0 aromatic heterocycles. The molecule has 12 heavy (non-hydrogen) atoms. The van der Waals surface area contributed by atoms with Crippen LogP contribution in [0.3, 0.4) is 0 Å². The lowest BCUT2D eigenvalue weighted by Crippen LogP contribution is -2.17. The third-order valence-corrected chi connectivity index (χ3v) is 4.04. The van der Waals surface area contributed by atoms with Crippen molar-refractivity contribution < 1.29 is 0 Å². The lowest BCUT2D eigenvalue weighted by Gasteiger charge is -2.18. The lowest BCUT2D eigenvalue weighted by atomic mass is 9.97.